The Kier molecular flexibility index (Phi) is 9.33. The largest absolute Gasteiger partial charge is 0.390 e. The fourth-order valence-corrected chi connectivity index (χ4v) is 5.13. The molecular formula is C27H34ClFN2O5. The predicted molar refractivity (Wildman–Crippen MR) is 134 cm³/mol. The van der Waals surface area contributed by atoms with Crippen LogP contribution < -0.4 is 5.32 Å². The summed E-state index contributed by atoms with van der Waals surface area (Å²) in [4.78, 5) is 15.8. The van der Waals surface area contributed by atoms with E-state index in [1.165, 1.54) is 6.07 Å². The lowest BCUT2D eigenvalue weighted by Crippen LogP contribution is -2.61. The van der Waals surface area contributed by atoms with E-state index in [2.05, 4.69) is 10.2 Å². The highest BCUT2D eigenvalue weighted by Crippen LogP contribution is 2.36. The molecule has 0 spiro atoms. The van der Waals surface area contributed by atoms with Crippen LogP contribution in [0.15, 0.2) is 48.5 Å². The molecule has 9 heteroatoms. The van der Waals surface area contributed by atoms with Crippen LogP contribution in [0.4, 0.5) is 4.39 Å². The van der Waals surface area contributed by atoms with Crippen molar-refractivity contribution >= 4 is 17.5 Å². The summed E-state index contributed by atoms with van der Waals surface area (Å²) >= 11 is 6.06. The third-order valence-corrected chi connectivity index (χ3v) is 7.22. The smallest absolute Gasteiger partial charge is 0.252 e. The van der Waals surface area contributed by atoms with Crippen LogP contribution >= 0.6 is 11.6 Å². The maximum Gasteiger partial charge on any atom is 0.252 e. The summed E-state index contributed by atoms with van der Waals surface area (Å²) in [6.07, 6.45) is -1.15. The molecule has 1 aliphatic carbocycles. The van der Waals surface area contributed by atoms with Crippen molar-refractivity contribution in [2.45, 2.75) is 62.8 Å². The number of carbonyl (C=O) groups excluding carboxylic acids is 1. The first kappa shape index (κ1) is 27.0. The highest BCUT2D eigenvalue weighted by Gasteiger charge is 2.51. The topological polar surface area (TPSA) is 91.3 Å². The molecule has 2 aromatic carbocycles. The molecule has 3 N–H and O–H groups in total. The SMILES string of the molecule is O=C(NCCN1CCCC1)[C@@]1(OCc2ccccc2F)CC(OCc2cccc(Cl)c2)[C@H](O)[C@H](O)C1. The Morgan fingerprint density at radius 3 is 2.64 bits per heavy atom. The number of nitrogens with zero attached hydrogens (tertiary/aromatic N) is 1. The highest BCUT2D eigenvalue weighted by atomic mass is 35.5. The molecule has 2 aromatic rings. The van der Waals surface area contributed by atoms with E-state index in [4.69, 9.17) is 21.1 Å². The van der Waals surface area contributed by atoms with Crippen LogP contribution in [0.2, 0.25) is 5.02 Å². The summed E-state index contributed by atoms with van der Waals surface area (Å²) in [6.45, 7) is 3.14. The lowest BCUT2D eigenvalue weighted by atomic mass is 9.78. The van der Waals surface area contributed by atoms with Gasteiger partial charge in [0.2, 0.25) is 0 Å². The number of halogens is 2. The molecule has 0 bridgehead atoms. The Balaban J connectivity index is 1.49. The Morgan fingerprint density at radius 2 is 1.89 bits per heavy atom. The maximum atomic E-state index is 14.3. The number of hydrogen-bond acceptors (Lipinski definition) is 6. The molecular weight excluding hydrogens is 487 g/mol. The van der Waals surface area contributed by atoms with Crippen LogP contribution in [0, 0.1) is 5.82 Å². The minimum Gasteiger partial charge on any atom is -0.390 e. The second-order valence-corrected chi connectivity index (χ2v) is 10.1. The number of likely N-dealkylation sites (tertiary alicyclic amines) is 1. The van der Waals surface area contributed by atoms with E-state index >= 15 is 0 Å². The van der Waals surface area contributed by atoms with Gasteiger partial charge in [-0.2, -0.15) is 0 Å². The fourth-order valence-electron chi connectivity index (χ4n) is 4.92. The summed E-state index contributed by atoms with van der Waals surface area (Å²) in [5, 5.41) is 24.9. The van der Waals surface area contributed by atoms with Gasteiger partial charge in [0, 0.05) is 36.5 Å². The van der Waals surface area contributed by atoms with Crippen LogP contribution in [-0.2, 0) is 27.5 Å². The third kappa shape index (κ3) is 6.82. The summed E-state index contributed by atoms with van der Waals surface area (Å²) in [7, 11) is 0. The van der Waals surface area contributed by atoms with Crippen molar-refractivity contribution in [3.63, 3.8) is 0 Å². The molecule has 2 fully saturated rings. The van der Waals surface area contributed by atoms with Crippen molar-refractivity contribution < 1.29 is 28.9 Å². The van der Waals surface area contributed by atoms with Crippen LogP contribution in [0.25, 0.3) is 0 Å². The number of hydrogen-bond donors (Lipinski definition) is 3. The van der Waals surface area contributed by atoms with E-state index in [0.717, 1.165) is 38.0 Å². The van der Waals surface area contributed by atoms with Crippen molar-refractivity contribution in [2.75, 3.05) is 26.2 Å². The molecule has 2 aliphatic rings. The van der Waals surface area contributed by atoms with Gasteiger partial charge in [-0.25, -0.2) is 4.39 Å². The van der Waals surface area contributed by atoms with Crippen LogP contribution in [0.5, 0.6) is 0 Å². The fraction of sp³-hybridized carbons (Fsp3) is 0.519. The number of aliphatic hydroxyl groups excluding tert-OH is 2. The molecule has 1 saturated carbocycles. The quantitative estimate of drug-likeness (QED) is 0.446. The second kappa shape index (κ2) is 12.4. The van der Waals surface area contributed by atoms with E-state index in [0.29, 0.717) is 17.1 Å². The van der Waals surface area contributed by atoms with Gasteiger partial charge in [-0.05, 0) is 49.7 Å². The van der Waals surface area contributed by atoms with Crippen molar-refractivity contribution in [1.29, 1.82) is 0 Å². The highest BCUT2D eigenvalue weighted by molar-refractivity contribution is 6.30. The third-order valence-electron chi connectivity index (χ3n) is 6.99. The molecule has 1 amide bonds. The number of amides is 1. The molecule has 1 heterocycles. The van der Waals surface area contributed by atoms with E-state index in [1.807, 2.05) is 6.07 Å². The van der Waals surface area contributed by atoms with Gasteiger partial charge in [0.05, 0.1) is 25.4 Å². The molecule has 1 unspecified atom stereocenters. The number of ether oxygens (including phenoxy) is 2. The minimum atomic E-state index is -1.50. The summed E-state index contributed by atoms with van der Waals surface area (Å²) in [5.74, 6) is -0.840. The van der Waals surface area contributed by atoms with Crippen molar-refractivity contribution in [3.8, 4) is 0 Å². The van der Waals surface area contributed by atoms with Gasteiger partial charge in [0.25, 0.3) is 5.91 Å². The minimum absolute atomic E-state index is 0.00971. The Hall–Kier alpha value is -2.07. The van der Waals surface area contributed by atoms with E-state index < -0.39 is 35.6 Å². The Labute approximate surface area is 216 Å². The number of aliphatic hydroxyl groups is 2. The first-order chi connectivity index (χ1) is 17.4. The van der Waals surface area contributed by atoms with Gasteiger partial charge >= 0.3 is 0 Å². The average molecular weight is 521 g/mol. The Morgan fingerprint density at radius 1 is 1.11 bits per heavy atom. The zero-order chi connectivity index (χ0) is 25.5. The van der Waals surface area contributed by atoms with Gasteiger partial charge in [-0.3, -0.25) is 4.79 Å². The molecule has 4 atom stereocenters. The van der Waals surface area contributed by atoms with Gasteiger partial charge in [0.1, 0.15) is 11.9 Å². The van der Waals surface area contributed by atoms with Crippen molar-refractivity contribution in [2.24, 2.45) is 0 Å². The standard InChI is InChI=1S/C27H34ClFN2O5/c28-21-8-5-6-19(14-21)17-35-24-16-27(15-23(32)25(24)33,36-18-20-7-1-2-9-22(20)29)26(34)30-10-13-31-11-3-4-12-31/h1-2,5-9,14,23-25,32-33H,3-4,10-13,15-18H2,(H,30,34)/t23-,24?,25-,27+/m1/s1. The summed E-state index contributed by atoms with van der Waals surface area (Å²) in [5.41, 5.74) is -0.397. The normalized spacial score (nSPS) is 26.7. The summed E-state index contributed by atoms with van der Waals surface area (Å²) in [6, 6.07) is 13.3. The van der Waals surface area contributed by atoms with E-state index in [-0.39, 0.29) is 26.1 Å². The number of rotatable bonds is 10. The molecule has 0 aromatic heterocycles. The molecule has 1 aliphatic heterocycles. The molecule has 7 nitrogen and oxygen atoms in total. The number of carbonyl (C=O) groups is 1. The van der Waals surface area contributed by atoms with Gasteiger partial charge in [0.15, 0.2) is 5.60 Å². The average Bonchev–Trinajstić information content (AvgIpc) is 3.38. The lowest BCUT2D eigenvalue weighted by Gasteiger charge is -2.44. The first-order valence-corrected chi connectivity index (χ1v) is 12.8. The molecule has 1 saturated heterocycles. The van der Waals surface area contributed by atoms with E-state index in [1.54, 1.807) is 36.4 Å². The number of benzene rings is 2. The zero-order valence-corrected chi connectivity index (χ0v) is 21.0. The maximum absolute atomic E-state index is 14.3. The molecule has 4 rings (SSSR count). The monoisotopic (exact) mass is 520 g/mol. The van der Waals surface area contributed by atoms with Crippen LogP contribution in [0.3, 0.4) is 0 Å². The first-order valence-electron chi connectivity index (χ1n) is 12.5. The molecule has 196 valence electrons. The van der Waals surface area contributed by atoms with Gasteiger partial charge < -0.3 is 29.9 Å². The zero-order valence-electron chi connectivity index (χ0n) is 20.2. The van der Waals surface area contributed by atoms with E-state index in [9.17, 15) is 19.4 Å². The Bertz CT molecular complexity index is 1020. The lowest BCUT2D eigenvalue weighted by molar-refractivity contribution is -0.200. The second-order valence-electron chi connectivity index (χ2n) is 9.62. The molecule has 36 heavy (non-hydrogen) atoms. The van der Waals surface area contributed by atoms with Crippen LogP contribution in [0.1, 0.15) is 36.8 Å². The summed E-state index contributed by atoms with van der Waals surface area (Å²) < 4.78 is 26.4. The van der Waals surface area contributed by atoms with Crippen molar-refractivity contribution in [1.82, 2.24) is 10.2 Å². The molecule has 0 radical (unpaired) electrons. The van der Waals surface area contributed by atoms with Gasteiger partial charge in [-0.1, -0.05) is 41.9 Å². The number of nitrogens with one attached hydrogen (secondary N) is 1. The van der Waals surface area contributed by atoms with Gasteiger partial charge in [-0.15, -0.1) is 0 Å². The van der Waals surface area contributed by atoms with Crippen molar-refractivity contribution in [3.05, 3.63) is 70.5 Å². The van der Waals surface area contributed by atoms with Crippen LogP contribution in [-0.4, -0.2) is 71.1 Å². The predicted octanol–water partition coefficient (Wildman–Crippen LogP) is 3.05.